The van der Waals surface area contributed by atoms with Crippen molar-refractivity contribution in [3.63, 3.8) is 0 Å². The zero-order chi connectivity index (χ0) is 22.6. The smallest absolute Gasteiger partial charge is 0.254 e. The highest BCUT2D eigenvalue weighted by atomic mass is 16.2. The minimum absolute atomic E-state index is 0.0831. The average molecular weight is 445 g/mol. The molecule has 1 fully saturated rings. The lowest BCUT2D eigenvalue weighted by Gasteiger charge is -2.25. The molecule has 1 N–H and O–H groups in total. The number of H-pyrrole nitrogens is 1. The molecule has 1 aromatic carbocycles. The van der Waals surface area contributed by atoms with Crippen LogP contribution in [0.2, 0.25) is 0 Å². The van der Waals surface area contributed by atoms with Crippen LogP contribution in [0.1, 0.15) is 30.5 Å². The maximum absolute atomic E-state index is 13.4. The summed E-state index contributed by atoms with van der Waals surface area (Å²) in [6.45, 7) is 2.97. The second-order valence-electron chi connectivity index (χ2n) is 8.69. The Hall–Kier alpha value is -3.55. The van der Waals surface area contributed by atoms with E-state index < -0.39 is 0 Å². The van der Waals surface area contributed by atoms with E-state index >= 15 is 0 Å². The fraction of sp³-hybridized carbons (Fsp3) is 0.400. The molecule has 33 heavy (non-hydrogen) atoms. The number of hydrogen-bond donors (Lipinski definition) is 1. The molecule has 1 amide bonds. The number of aromatic nitrogens is 4. The number of anilines is 1. The molecule has 3 heterocycles. The number of aromatic amines is 1. The number of nitrogens with one attached hydrogen (secondary N) is 1. The van der Waals surface area contributed by atoms with Crippen LogP contribution in [0, 0.1) is 5.92 Å². The summed E-state index contributed by atoms with van der Waals surface area (Å²) in [5.74, 6) is 1.42. The molecule has 0 radical (unpaired) electrons. The second kappa shape index (κ2) is 9.52. The van der Waals surface area contributed by atoms with E-state index in [1.54, 1.807) is 12.4 Å². The lowest BCUT2D eigenvalue weighted by molar-refractivity contribution is -0.135. The molecule has 1 unspecified atom stereocenters. The number of rotatable bonds is 3. The van der Waals surface area contributed by atoms with Gasteiger partial charge in [0.05, 0.1) is 5.69 Å². The summed E-state index contributed by atoms with van der Waals surface area (Å²) in [4.78, 5) is 46.7. The largest absolute Gasteiger partial charge is 0.341 e. The summed E-state index contributed by atoms with van der Waals surface area (Å²) in [6.07, 6.45) is 7.02. The van der Waals surface area contributed by atoms with E-state index in [4.69, 9.17) is 4.98 Å². The monoisotopic (exact) mass is 444 g/mol. The summed E-state index contributed by atoms with van der Waals surface area (Å²) in [6, 6.07) is 11.5. The van der Waals surface area contributed by atoms with Gasteiger partial charge in [0.1, 0.15) is 5.82 Å². The van der Waals surface area contributed by atoms with Gasteiger partial charge in [-0.25, -0.2) is 15.0 Å². The quantitative estimate of drug-likeness (QED) is 0.624. The van der Waals surface area contributed by atoms with E-state index in [2.05, 4.69) is 19.9 Å². The minimum Gasteiger partial charge on any atom is -0.341 e. The lowest BCUT2D eigenvalue weighted by atomic mass is 9.98. The molecule has 0 saturated carbocycles. The first-order valence-corrected chi connectivity index (χ1v) is 11.7. The van der Waals surface area contributed by atoms with Crippen molar-refractivity contribution in [1.82, 2.24) is 24.8 Å². The van der Waals surface area contributed by atoms with Gasteiger partial charge in [0.2, 0.25) is 11.9 Å². The molecule has 0 spiro atoms. The van der Waals surface area contributed by atoms with Gasteiger partial charge in [0.25, 0.3) is 5.56 Å². The van der Waals surface area contributed by atoms with Crippen molar-refractivity contribution in [2.24, 2.45) is 5.92 Å². The maximum atomic E-state index is 13.4. The Morgan fingerprint density at radius 2 is 1.73 bits per heavy atom. The zero-order valence-corrected chi connectivity index (χ0v) is 18.6. The van der Waals surface area contributed by atoms with Gasteiger partial charge < -0.3 is 14.8 Å². The van der Waals surface area contributed by atoms with E-state index in [-0.39, 0.29) is 17.4 Å². The van der Waals surface area contributed by atoms with Crippen LogP contribution in [0.4, 0.5) is 5.95 Å². The molecule has 1 atom stereocenters. The molecule has 1 aliphatic heterocycles. The Balaban J connectivity index is 1.27. The first kappa shape index (κ1) is 21.3. The summed E-state index contributed by atoms with van der Waals surface area (Å²) >= 11 is 0. The summed E-state index contributed by atoms with van der Waals surface area (Å²) < 4.78 is 0. The highest BCUT2D eigenvalue weighted by molar-refractivity contribution is 5.79. The van der Waals surface area contributed by atoms with E-state index in [9.17, 15) is 9.59 Å². The summed E-state index contributed by atoms with van der Waals surface area (Å²) in [5.41, 5.74) is 2.37. The topological polar surface area (TPSA) is 95.1 Å². The third kappa shape index (κ3) is 4.65. The van der Waals surface area contributed by atoms with E-state index in [0.29, 0.717) is 31.6 Å². The lowest BCUT2D eigenvalue weighted by Crippen LogP contribution is -2.39. The number of carbonyl (C=O) groups excluding carboxylic acids is 1. The van der Waals surface area contributed by atoms with Crippen LogP contribution in [0.25, 0.3) is 11.4 Å². The number of benzene rings is 1. The molecule has 1 saturated heterocycles. The summed E-state index contributed by atoms with van der Waals surface area (Å²) in [7, 11) is 0. The first-order chi connectivity index (χ1) is 16.2. The van der Waals surface area contributed by atoms with Gasteiger partial charge in [-0.1, -0.05) is 30.3 Å². The molecule has 2 aromatic heterocycles. The zero-order valence-electron chi connectivity index (χ0n) is 18.6. The molecular formula is C25H28N6O2. The molecule has 2 aliphatic rings. The van der Waals surface area contributed by atoms with Crippen LogP contribution >= 0.6 is 0 Å². The van der Waals surface area contributed by atoms with Crippen molar-refractivity contribution in [3.05, 3.63) is 70.4 Å². The standard InChI is InChI=1S/C25H28N6O2/c32-23-20-10-8-19(9-11-21(20)28-22(29-23)18-6-2-1-3-7-18)24(33)30-14-5-15-31(17-16-30)25-26-12-4-13-27-25/h1-4,6-7,12-13,19H,5,8-11,14-17H2,(H,28,29,32). The van der Waals surface area contributed by atoms with Crippen LogP contribution in [0.3, 0.4) is 0 Å². The number of amides is 1. The van der Waals surface area contributed by atoms with E-state index in [1.165, 1.54) is 0 Å². The predicted molar refractivity (Wildman–Crippen MR) is 126 cm³/mol. The molecule has 3 aromatic rings. The van der Waals surface area contributed by atoms with Crippen LogP contribution < -0.4 is 10.5 Å². The minimum atomic E-state index is -0.0849. The first-order valence-electron chi connectivity index (χ1n) is 11.7. The van der Waals surface area contributed by atoms with Gasteiger partial charge in [-0.3, -0.25) is 9.59 Å². The molecule has 8 nitrogen and oxygen atoms in total. The third-order valence-electron chi connectivity index (χ3n) is 6.61. The highest BCUT2D eigenvalue weighted by Crippen LogP contribution is 2.25. The number of carbonyl (C=O) groups is 1. The van der Waals surface area contributed by atoms with Crippen LogP contribution in [0.15, 0.2) is 53.6 Å². The molecule has 170 valence electrons. The fourth-order valence-electron chi connectivity index (χ4n) is 4.81. The maximum Gasteiger partial charge on any atom is 0.254 e. The van der Waals surface area contributed by atoms with Gasteiger partial charge in [0, 0.05) is 55.6 Å². The fourth-order valence-corrected chi connectivity index (χ4v) is 4.81. The number of hydrogen-bond acceptors (Lipinski definition) is 6. The Morgan fingerprint density at radius 1 is 0.939 bits per heavy atom. The van der Waals surface area contributed by atoms with Crippen LogP contribution in [0.5, 0.6) is 0 Å². The normalized spacial score (nSPS) is 18.8. The Bertz CT molecular complexity index is 1160. The van der Waals surface area contributed by atoms with Gasteiger partial charge in [-0.2, -0.15) is 0 Å². The van der Waals surface area contributed by atoms with Crippen molar-refractivity contribution < 1.29 is 4.79 Å². The van der Waals surface area contributed by atoms with Crippen molar-refractivity contribution in [2.45, 2.75) is 32.1 Å². The third-order valence-corrected chi connectivity index (χ3v) is 6.61. The second-order valence-corrected chi connectivity index (χ2v) is 8.69. The molecule has 1 aliphatic carbocycles. The predicted octanol–water partition coefficient (Wildman–Crippen LogP) is 2.46. The Morgan fingerprint density at radius 3 is 2.55 bits per heavy atom. The number of aryl methyl sites for hydroxylation is 1. The van der Waals surface area contributed by atoms with E-state index in [0.717, 1.165) is 55.2 Å². The van der Waals surface area contributed by atoms with Crippen LogP contribution in [-0.2, 0) is 17.6 Å². The molecule has 0 bridgehead atoms. The van der Waals surface area contributed by atoms with Gasteiger partial charge in [-0.15, -0.1) is 0 Å². The van der Waals surface area contributed by atoms with Gasteiger partial charge in [-0.05, 0) is 38.2 Å². The van der Waals surface area contributed by atoms with Crippen molar-refractivity contribution in [1.29, 1.82) is 0 Å². The molecule has 5 rings (SSSR count). The SMILES string of the molecule is O=C(C1CCc2nc(-c3ccccc3)[nH]c(=O)c2CC1)N1CCCN(c2ncccn2)CC1. The molecular weight excluding hydrogens is 416 g/mol. The molecule has 8 heteroatoms. The summed E-state index contributed by atoms with van der Waals surface area (Å²) in [5, 5.41) is 0. The van der Waals surface area contributed by atoms with Crippen molar-refractivity contribution in [2.75, 3.05) is 31.1 Å². The van der Waals surface area contributed by atoms with Crippen molar-refractivity contribution >= 4 is 11.9 Å². The van der Waals surface area contributed by atoms with E-state index in [1.807, 2.05) is 41.3 Å². The Kier molecular flexibility index (Phi) is 6.15. The Labute approximate surface area is 192 Å². The van der Waals surface area contributed by atoms with Gasteiger partial charge >= 0.3 is 0 Å². The highest BCUT2D eigenvalue weighted by Gasteiger charge is 2.29. The number of fused-ring (bicyclic) bond motifs is 1. The van der Waals surface area contributed by atoms with Crippen LogP contribution in [-0.4, -0.2) is 56.9 Å². The van der Waals surface area contributed by atoms with Gasteiger partial charge in [0.15, 0.2) is 0 Å². The van der Waals surface area contributed by atoms with Crippen molar-refractivity contribution in [3.8, 4) is 11.4 Å². The average Bonchev–Trinajstić information content (AvgIpc) is 3.24. The number of nitrogens with zero attached hydrogens (tertiary/aromatic N) is 5.